The first kappa shape index (κ1) is 27.2. The van der Waals surface area contributed by atoms with Crippen LogP contribution in [0, 0.1) is 0 Å². The van der Waals surface area contributed by atoms with Crippen molar-refractivity contribution < 1.29 is 17.8 Å². The third kappa shape index (κ3) is 8.36. The van der Waals surface area contributed by atoms with Crippen molar-refractivity contribution in [2.24, 2.45) is 0 Å². The highest BCUT2D eigenvalue weighted by molar-refractivity contribution is 7.85. The van der Waals surface area contributed by atoms with Crippen LogP contribution in [0.2, 0.25) is 0 Å². The minimum Gasteiger partial charge on any atom is -0.378 e. The molecule has 0 unspecified atom stereocenters. The third-order valence-electron chi connectivity index (χ3n) is 6.06. The maximum atomic E-state index is 12.7. The first-order chi connectivity index (χ1) is 17.1. The Hall–Kier alpha value is -3.42. The van der Waals surface area contributed by atoms with E-state index in [4.69, 9.17) is 4.55 Å². The molecule has 190 valence electrons. The summed E-state index contributed by atoms with van der Waals surface area (Å²) in [4.78, 5) is 16.7. The van der Waals surface area contributed by atoms with Crippen molar-refractivity contribution in [3.63, 3.8) is 0 Å². The summed E-state index contributed by atoms with van der Waals surface area (Å²) in [5, 5.41) is 0. The molecule has 0 bridgehead atoms. The first-order valence-electron chi connectivity index (χ1n) is 12.0. The summed E-state index contributed by atoms with van der Waals surface area (Å²) < 4.78 is 30.5. The van der Waals surface area contributed by atoms with Crippen LogP contribution >= 0.6 is 0 Å². The van der Waals surface area contributed by atoms with Crippen LogP contribution in [0.3, 0.4) is 0 Å². The number of nitrogens with zero attached hydrogens (tertiary/aromatic N) is 2. The molecule has 0 amide bonds. The number of carbonyl (C=O) groups excluding carboxylic acids is 1. The molecule has 1 fully saturated rings. The molecule has 3 rings (SSSR count). The van der Waals surface area contributed by atoms with Crippen molar-refractivity contribution in [3.05, 3.63) is 95.1 Å². The topological polar surface area (TPSA) is 77.9 Å². The smallest absolute Gasteiger partial charge is 0.264 e. The Balaban J connectivity index is 1.53. The van der Waals surface area contributed by atoms with Gasteiger partial charge in [0, 0.05) is 50.2 Å². The molecule has 1 saturated carbocycles. The van der Waals surface area contributed by atoms with Gasteiger partial charge in [-0.1, -0.05) is 60.7 Å². The second-order valence-corrected chi connectivity index (χ2v) is 10.6. The molecule has 1 aliphatic carbocycles. The SMILES string of the molecule is CN(C)c1ccc(C=CC=C2CCC(=CC=Cc3ccc(N(C)CCCS(=O)(=O)O)cc3)C2=O)cc1. The molecule has 0 spiro atoms. The van der Waals surface area contributed by atoms with Crippen molar-refractivity contribution in [1.82, 2.24) is 0 Å². The van der Waals surface area contributed by atoms with Crippen LogP contribution in [-0.4, -0.2) is 52.2 Å². The average molecular weight is 507 g/mol. The van der Waals surface area contributed by atoms with Crippen molar-refractivity contribution in [2.45, 2.75) is 19.3 Å². The molecule has 1 N–H and O–H groups in total. The second kappa shape index (κ2) is 12.5. The van der Waals surface area contributed by atoms with E-state index in [0.717, 1.165) is 46.5 Å². The summed E-state index contributed by atoms with van der Waals surface area (Å²) in [6.45, 7) is 0.525. The monoisotopic (exact) mass is 506 g/mol. The van der Waals surface area contributed by atoms with Crippen molar-refractivity contribution in [1.29, 1.82) is 0 Å². The van der Waals surface area contributed by atoms with E-state index >= 15 is 0 Å². The number of allylic oxidation sites excluding steroid dienone is 6. The van der Waals surface area contributed by atoms with E-state index in [-0.39, 0.29) is 11.5 Å². The van der Waals surface area contributed by atoms with Crippen LogP contribution < -0.4 is 9.80 Å². The van der Waals surface area contributed by atoms with Gasteiger partial charge in [-0.15, -0.1) is 0 Å². The van der Waals surface area contributed by atoms with Crippen molar-refractivity contribution in [2.75, 3.05) is 43.2 Å². The van der Waals surface area contributed by atoms with Gasteiger partial charge in [0.05, 0.1) is 5.75 Å². The van der Waals surface area contributed by atoms with E-state index in [9.17, 15) is 13.2 Å². The normalized spacial score (nSPS) is 16.6. The number of anilines is 2. The molecular weight excluding hydrogens is 472 g/mol. The number of rotatable bonds is 10. The molecular formula is C29H34N2O4S. The van der Waals surface area contributed by atoms with Crippen LogP contribution in [0.4, 0.5) is 11.4 Å². The molecule has 0 radical (unpaired) electrons. The Bertz CT molecular complexity index is 1270. The van der Waals surface area contributed by atoms with E-state index in [0.29, 0.717) is 13.0 Å². The quantitative estimate of drug-likeness (QED) is 0.343. The number of carbonyl (C=O) groups is 1. The highest BCUT2D eigenvalue weighted by atomic mass is 32.2. The molecule has 2 aromatic carbocycles. The molecule has 0 saturated heterocycles. The minimum atomic E-state index is -3.93. The van der Waals surface area contributed by atoms with Gasteiger partial charge >= 0.3 is 0 Å². The van der Waals surface area contributed by atoms with Gasteiger partial charge in [0.15, 0.2) is 5.78 Å². The average Bonchev–Trinajstić information content (AvgIpc) is 3.18. The molecule has 2 aromatic rings. The number of ketones is 1. The fraction of sp³-hybridized carbons (Fsp3) is 0.276. The van der Waals surface area contributed by atoms with Crippen molar-refractivity contribution in [3.8, 4) is 0 Å². The summed E-state index contributed by atoms with van der Waals surface area (Å²) >= 11 is 0. The van der Waals surface area contributed by atoms with Gasteiger partial charge in [0.2, 0.25) is 0 Å². The maximum Gasteiger partial charge on any atom is 0.264 e. The molecule has 1 aliphatic rings. The highest BCUT2D eigenvalue weighted by Gasteiger charge is 2.21. The molecule has 0 aliphatic heterocycles. The largest absolute Gasteiger partial charge is 0.378 e. The van der Waals surface area contributed by atoms with Gasteiger partial charge in [-0.2, -0.15) is 8.42 Å². The number of hydrogen-bond donors (Lipinski definition) is 1. The third-order valence-corrected chi connectivity index (χ3v) is 6.86. The van der Waals surface area contributed by atoms with Crippen LogP contribution in [0.1, 0.15) is 30.4 Å². The fourth-order valence-corrected chi connectivity index (χ4v) is 4.40. The van der Waals surface area contributed by atoms with Gasteiger partial charge < -0.3 is 9.80 Å². The lowest BCUT2D eigenvalue weighted by Gasteiger charge is -2.19. The van der Waals surface area contributed by atoms with Crippen molar-refractivity contribution >= 4 is 39.4 Å². The number of hydrogen-bond acceptors (Lipinski definition) is 5. The molecule has 0 atom stereocenters. The van der Waals surface area contributed by atoms with E-state index in [1.165, 1.54) is 0 Å². The summed E-state index contributed by atoms with van der Waals surface area (Å²) in [5.41, 5.74) is 5.86. The second-order valence-electron chi connectivity index (χ2n) is 9.07. The number of Topliss-reactive ketones (excluding diaryl/α,β-unsaturated/α-hetero) is 1. The zero-order valence-corrected chi connectivity index (χ0v) is 21.9. The summed E-state index contributed by atoms with van der Waals surface area (Å²) in [6, 6.07) is 16.1. The summed E-state index contributed by atoms with van der Waals surface area (Å²) in [7, 11) is 1.98. The molecule has 0 heterocycles. The lowest BCUT2D eigenvalue weighted by Crippen LogP contribution is -2.20. The molecule has 0 aromatic heterocycles. The van der Waals surface area contributed by atoms with Gasteiger partial charge in [-0.05, 0) is 54.7 Å². The van der Waals surface area contributed by atoms with Crippen LogP contribution in [0.5, 0.6) is 0 Å². The van der Waals surface area contributed by atoms with Gasteiger partial charge in [-0.25, -0.2) is 0 Å². The summed E-state index contributed by atoms with van der Waals surface area (Å²) in [6.07, 6.45) is 13.5. The van der Waals surface area contributed by atoms with E-state index in [1.807, 2.05) is 86.8 Å². The summed E-state index contributed by atoms with van der Waals surface area (Å²) in [5.74, 6) is -0.141. The number of benzene rings is 2. The Morgan fingerprint density at radius 1 is 0.806 bits per heavy atom. The Labute approximate surface area is 214 Å². The zero-order valence-electron chi connectivity index (χ0n) is 21.1. The zero-order chi connectivity index (χ0) is 26.1. The Kier molecular flexibility index (Phi) is 9.44. The predicted octanol–water partition coefficient (Wildman–Crippen LogP) is 5.41. The van der Waals surface area contributed by atoms with E-state index in [2.05, 4.69) is 29.2 Å². The van der Waals surface area contributed by atoms with Crippen LogP contribution in [0.15, 0.2) is 84.0 Å². The van der Waals surface area contributed by atoms with E-state index < -0.39 is 10.1 Å². The predicted molar refractivity (Wildman–Crippen MR) is 150 cm³/mol. The van der Waals surface area contributed by atoms with Crippen LogP contribution in [0.25, 0.3) is 12.2 Å². The maximum absolute atomic E-state index is 12.7. The molecule has 6 nitrogen and oxygen atoms in total. The Morgan fingerprint density at radius 3 is 1.72 bits per heavy atom. The van der Waals surface area contributed by atoms with Crippen LogP contribution in [-0.2, 0) is 14.9 Å². The minimum absolute atomic E-state index is 0.106. The van der Waals surface area contributed by atoms with Gasteiger partial charge in [0.25, 0.3) is 10.1 Å². The molecule has 36 heavy (non-hydrogen) atoms. The van der Waals surface area contributed by atoms with Gasteiger partial charge in [-0.3, -0.25) is 9.35 Å². The fourth-order valence-electron chi connectivity index (χ4n) is 3.91. The Morgan fingerprint density at radius 2 is 1.28 bits per heavy atom. The molecule has 7 heteroatoms. The standard InChI is InChI=1S/C29H34N2O4S/c1-30(2)27-17-11-23(12-18-27)7-4-9-25-15-16-26(29(25)32)10-5-8-24-13-19-28(20-14-24)31(3)21-6-22-36(33,34)35/h4-5,7-14,17-20H,6,15-16,21-22H2,1-3H3,(H,33,34,35). The van der Waals surface area contributed by atoms with E-state index in [1.54, 1.807) is 0 Å². The first-order valence-corrected chi connectivity index (χ1v) is 13.6. The lowest BCUT2D eigenvalue weighted by molar-refractivity contribution is -0.111. The highest BCUT2D eigenvalue weighted by Crippen LogP contribution is 2.26. The van der Waals surface area contributed by atoms with Gasteiger partial charge in [0.1, 0.15) is 0 Å². The lowest BCUT2D eigenvalue weighted by atomic mass is 10.1.